The van der Waals surface area contributed by atoms with Crippen LogP contribution in [0, 0.1) is 5.92 Å². The van der Waals surface area contributed by atoms with E-state index >= 15 is 0 Å². The zero-order valence-electron chi connectivity index (χ0n) is 23.1. The monoisotopic (exact) mass is 572 g/mol. The zero-order valence-corrected chi connectivity index (χ0v) is 23.9. The molecule has 7 N–H and O–H groups in total. The minimum atomic E-state index is -1.18. The van der Waals surface area contributed by atoms with Crippen molar-refractivity contribution in [2.45, 2.75) is 63.7 Å². The summed E-state index contributed by atoms with van der Waals surface area (Å²) in [6, 6.07) is 11.1. The van der Waals surface area contributed by atoms with Crippen molar-refractivity contribution in [3.05, 3.63) is 65.7 Å². The van der Waals surface area contributed by atoms with Gasteiger partial charge >= 0.3 is 5.97 Å². The van der Waals surface area contributed by atoms with Crippen molar-refractivity contribution in [3.63, 3.8) is 0 Å². The number of carboxylic acids is 1. The molecule has 2 aromatic rings. The van der Waals surface area contributed by atoms with E-state index in [0.29, 0.717) is 24.2 Å². The summed E-state index contributed by atoms with van der Waals surface area (Å²) in [5, 5.41) is 27.3. The Hall–Kier alpha value is -3.57. The van der Waals surface area contributed by atoms with Gasteiger partial charge in [-0.05, 0) is 47.6 Å². The van der Waals surface area contributed by atoms with E-state index in [1.54, 1.807) is 30.8 Å². The van der Waals surface area contributed by atoms with Gasteiger partial charge < -0.3 is 31.9 Å². The Morgan fingerprint density at radius 3 is 1.90 bits per heavy atom. The number of rotatable bonds is 16. The molecule has 2 aromatic carbocycles. The van der Waals surface area contributed by atoms with Crippen LogP contribution in [-0.4, -0.2) is 70.1 Å². The molecule has 40 heavy (non-hydrogen) atoms. The number of carbonyl (C=O) groups is 4. The van der Waals surface area contributed by atoms with Gasteiger partial charge in [0.15, 0.2) is 0 Å². The number of hydrogen-bond acceptors (Lipinski definition) is 7. The molecule has 0 aliphatic heterocycles. The smallest absolute Gasteiger partial charge is 0.326 e. The number of thioether (sulfide) groups is 1. The highest BCUT2D eigenvalue weighted by Crippen LogP contribution is 2.14. The van der Waals surface area contributed by atoms with Crippen molar-refractivity contribution in [1.82, 2.24) is 16.0 Å². The van der Waals surface area contributed by atoms with Gasteiger partial charge in [0.25, 0.3) is 0 Å². The third kappa shape index (κ3) is 10.5. The maximum atomic E-state index is 13.6. The van der Waals surface area contributed by atoms with E-state index in [1.807, 2.05) is 43.5 Å². The number of benzene rings is 2. The summed E-state index contributed by atoms with van der Waals surface area (Å²) in [4.78, 5) is 51.6. The lowest BCUT2D eigenvalue weighted by atomic mass is 9.97. The fraction of sp³-hybridized carbons (Fsp3) is 0.448. The lowest BCUT2D eigenvalue weighted by Gasteiger charge is -2.27. The minimum absolute atomic E-state index is 0.0317. The van der Waals surface area contributed by atoms with Crippen LogP contribution in [0.25, 0.3) is 0 Å². The summed E-state index contributed by atoms with van der Waals surface area (Å²) in [6.07, 6.45) is 3.06. The first-order valence-corrected chi connectivity index (χ1v) is 14.6. The fourth-order valence-electron chi connectivity index (χ4n) is 4.00. The van der Waals surface area contributed by atoms with Crippen LogP contribution in [0.4, 0.5) is 0 Å². The molecule has 218 valence electrons. The van der Waals surface area contributed by atoms with E-state index in [-0.39, 0.29) is 24.5 Å². The van der Waals surface area contributed by atoms with Crippen LogP contribution in [0.1, 0.15) is 37.8 Å². The second-order valence-electron chi connectivity index (χ2n) is 9.78. The molecule has 0 spiro atoms. The number of aromatic hydroxyl groups is 1. The molecule has 0 aliphatic rings. The molecule has 0 bridgehead atoms. The van der Waals surface area contributed by atoms with Gasteiger partial charge in [-0.25, -0.2) is 4.79 Å². The minimum Gasteiger partial charge on any atom is -0.508 e. The maximum absolute atomic E-state index is 13.6. The summed E-state index contributed by atoms with van der Waals surface area (Å²) >= 11 is 1.56. The lowest BCUT2D eigenvalue weighted by molar-refractivity contribution is -0.143. The fourth-order valence-corrected chi connectivity index (χ4v) is 4.49. The maximum Gasteiger partial charge on any atom is 0.326 e. The Morgan fingerprint density at radius 1 is 0.850 bits per heavy atom. The van der Waals surface area contributed by atoms with Gasteiger partial charge in [-0.1, -0.05) is 62.7 Å². The number of aliphatic carboxylic acids is 1. The molecule has 0 saturated heterocycles. The average molecular weight is 573 g/mol. The molecule has 2 rings (SSSR count). The van der Waals surface area contributed by atoms with Crippen molar-refractivity contribution in [3.8, 4) is 5.75 Å². The summed E-state index contributed by atoms with van der Waals surface area (Å²) in [5.41, 5.74) is 7.47. The first-order chi connectivity index (χ1) is 19.0. The Balaban J connectivity index is 2.32. The van der Waals surface area contributed by atoms with Gasteiger partial charge in [0.2, 0.25) is 17.7 Å². The third-order valence-corrected chi connectivity index (χ3v) is 7.32. The molecule has 0 radical (unpaired) electrons. The number of amides is 3. The van der Waals surface area contributed by atoms with Crippen LogP contribution in [-0.2, 0) is 32.0 Å². The first-order valence-electron chi connectivity index (χ1n) is 13.3. The van der Waals surface area contributed by atoms with Gasteiger partial charge in [0.1, 0.15) is 23.9 Å². The molecule has 0 unspecified atom stereocenters. The van der Waals surface area contributed by atoms with Gasteiger partial charge in [0, 0.05) is 12.8 Å². The lowest BCUT2D eigenvalue weighted by Crippen LogP contribution is -2.58. The first kappa shape index (κ1) is 32.6. The number of hydrogen-bond donors (Lipinski definition) is 6. The van der Waals surface area contributed by atoms with Crippen LogP contribution < -0.4 is 21.7 Å². The van der Waals surface area contributed by atoms with E-state index in [0.717, 1.165) is 5.56 Å². The number of carboxylic acid groups (broad SMARTS) is 1. The Morgan fingerprint density at radius 2 is 1.38 bits per heavy atom. The summed E-state index contributed by atoms with van der Waals surface area (Å²) in [5.74, 6) is -2.56. The highest BCUT2D eigenvalue weighted by Gasteiger charge is 2.32. The molecule has 0 aromatic heterocycles. The van der Waals surface area contributed by atoms with Crippen molar-refractivity contribution >= 4 is 35.5 Å². The van der Waals surface area contributed by atoms with Gasteiger partial charge in [-0.15, -0.1) is 0 Å². The quantitative estimate of drug-likeness (QED) is 0.177. The number of nitrogens with two attached hydrogens (primary N) is 1. The molecule has 0 fully saturated rings. The Kier molecular flexibility index (Phi) is 13.5. The van der Waals surface area contributed by atoms with Gasteiger partial charge in [-0.2, -0.15) is 11.8 Å². The SMILES string of the molecule is CC[C@H](C)[C@H](NC(=O)[C@H](Cc1ccc(O)cc1)NC(=O)[C@H](Cc1ccccc1)NC(=O)[C@@H](N)CCSC)C(=O)O. The van der Waals surface area contributed by atoms with Crippen molar-refractivity contribution < 1.29 is 29.4 Å². The molecule has 0 saturated carbocycles. The Labute approximate surface area is 239 Å². The van der Waals surface area contributed by atoms with Crippen LogP contribution in [0.2, 0.25) is 0 Å². The average Bonchev–Trinajstić information content (AvgIpc) is 2.94. The normalized spacial score (nSPS) is 14.7. The van der Waals surface area contributed by atoms with Crippen molar-refractivity contribution in [2.24, 2.45) is 11.7 Å². The molecular formula is C29H40N4O6S. The summed E-state index contributed by atoms with van der Waals surface area (Å²) < 4.78 is 0. The van der Waals surface area contributed by atoms with E-state index in [4.69, 9.17) is 5.73 Å². The second-order valence-corrected chi connectivity index (χ2v) is 10.8. The topological polar surface area (TPSA) is 171 Å². The van der Waals surface area contributed by atoms with E-state index in [2.05, 4.69) is 16.0 Å². The number of phenolic OH excluding ortho intramolecular Hbond substituents is 1. The van der Waals surface area contributed by atoms with Crippen molar-refractivity contribution in [2.75, 3.05) is 12.0 Å². The van der Waals surface area contributed by atoms with Gasteiger partial charge in [0.05, 0.1) is 6.04 Å². The summed E-state index contributed by atoms with van der Waals surface area (Å²) in [6.45, 7) is 3.54. The largest absolute Gasteiger partial charge is 0.508 e. The van der Waals surface area contributed by atoms with Crippen LogP contribution >= 0.6 is 11.8 Å². The van der Waals surface area contributed by atoms with Crippen LogP contribution in [0.5, 0.6) is 5.75 Å². The Bertz CT molecular complexity index is 1120. The highest BCUT2D eigenvalue weighted by atomic mass is 32.2. The number of nitrogens with one attached hydrogen (secondary N) is 3. The van der Waals surface area contributed by atoms with Crippen LogP contribution in [0.15, 0.2) is 54.6 Å². The third-order valence-electron chi connectivity index (χ3n) is 6.67. The predicted molar refractivity (Wildman–Crippen MR) is 156 cm³/mol. The molecule has 0 heterocycles. The molecular weight excluding hydrogens is 532 g/mol. The molecule has 5 atom stereocenters. The van der Waals surface area contributed by atoms with Crippen LogP contribution in [0.3, 0.4) is 0 Å². The number of carbonyl (C=O) groups excluding carboxylic acids is 3. The highest BCUT2D eigenvalue weighted by molar-refractivity contribution is 7.98. The predicted octanol–water partition coefficient (Wildman–Crippen LogP) is 1.84. The van der Waals surface area contributed by atoms with Gasteiger partial charge in [-0.3, -0.25) is 14.4 Å². The number of phenols is 1. The standard InChI is InChI=1S/C29H40N4O6S/c1-4-18(2)25(29(38)39)33-28(37)24(17-20-10-12-21(34)13-11-20)32-27(36)23(16-19-8-6-5-7-9-19)31-26(35)22(30)14-15-40-3/h5-13,18,22-25,34H,4,14-17,30H2,1-3H3,(H,31,35)(H,32,36)(H,33,37)(H,38,39)/t18-,22-,23-,24-,25-/m0/s1. The van der Waals surface area contributed by atoms with E-state index in [1.165, 1.54) is 12.1 Å². The molecule has 10 nitrogen and oxygen atoms in total. The molecule has 3 amide bonds. The molecule has 11 heteroatoms. The van der Waals surface area contributed by atoms with E-state index in [9.17, 15) is 29.4 Å². The zero-order chi connectivity index (χ0) is 29.7. The van der Waals surface area contributed by atoms with Crippen molar-refractivity contribution in [1.29, 1.82) is 0 Å². The summed E-state index contributed by atoms with van der Waals surface area (Å²) in [7, 11) is 0. The van der Waals surface area contributed by atoms with E-state index < -0.39 is 47.9 Å². The molecule has 0 aliphatic carbocycles. The second kappa shape index (κ2) is 16.5.